The molecule has 1 rings (SSSR count). The van der Waals surface area contributed by atoms with Gasteiger partial charge in [0.1, 0.15) is 0 Å². The normalized spacial score (nSPS) is 19.0. The molecule has 0 radical (unpaired) electrons. The Hall–Kier alpha value is -0.340. The van der Waals surface area contributed by atoms with Gasteiger partial charge in [0.25, 0.3) is 0 Å². The van der Waals surface area contributed by atoms with Crippen molar-refractivity contribution in [1.29, 1.82) is 0 Å². The zero-order chi connectivity index (χ0) is 9.68. The summed E-state index contributed by atoms with van der Waals surface area (Å²) >= 11 is 0. The van der Waals surface area contributed by atoms with Gasteiger partial charge in [-0.3, -0.25) is 4.90 Å². The number of nitrogens with two attached hydrogens (primary N) is 1. The Labute approximate surface area is 81.8 Å². The molecule has 0 heterocycles. The molecule has 1 aliphatic carbocycles. The Morgan fingerprint density at radius 1 is 1.62 bits per heavy atom. The number of rotatable bonds is 7. The molecule has 1 unspecified atom stereocenters. The van der Waals surface area contributed by atoms with Crippen LogP contribution < -0.4 is 5.73 Å². The first kappa shape index (κ1) is 10.7. The Balaban J connectivity index is 2.43. The molecule has 0 aromatic rings. The first-order valence-electron chi connectivity index (χ1n) is 5.40. The summed E-state index contributed by atoms with van der Waals surface area (Å²) in [5.74, 6) is 0. The third-order valence-corrected chi connectivity index (χ3v) is 2.72. The summed E-state index contributed by atoms with van der Waals surface area (Å²) in [4.78, 5) is 2.52. The number of hydrogen-bond donors (Lipinski definition) is 1. The lowest BCUT2D eigenvalue weighted by atomic mass is 10.1. The average molecular weight is 182 g/mol. The van der Waals surface area contributed by atoms with Crippen LogP contribution in [-0.4, -0.2) is 30.1 Å². The Morgan fingerprint density at radius 3 is 2.69 bits per heavy atom. The molecule has 0 aromatic carbocycles. The maximum absolute atomic E-state index is 5.78. The molecule has 0 spiro atoms. The molecule has 2 N–H and O–H groups in total. The van der Waals surface area contributed by atoms with Crippen molar-refractivity contribution in [2.45, 2.75) is 44.7 Å². The minimum Gasteiger partial charge on any atom is -0.329 e. The predicted octanol–water partition coefficient (Wildman–Crippen LogP) is 1.76. The van der Waals surface area contributed by atoms with E-state index in [9.17, 15) is 0 Å². The minimum absolute atomic E-state index is 0.579. The van der Waals surface area contributed by atoms with Gasteiger partial charge in [0.15, 0.2) is 0 Å². The van der Waals surface area contributed by atoms with Crippen LogP contribution in [0.25, 0.3) is 0 Å². The van der Waals surface area contributed by atoms with Crippen LogP contribution in [0.5, 0.6) is 0 Å². The SMILES string of the molecule is C=CCN(C(CN)CCC)C1CC1. The second-order valence-electron chi connectivity index (χ2n) is 3.89. The zero-order valence-corrected chi connectivity index (χ0v) is 8.71. The summed E-state index contributed by atoms with van der Waals surface area (Å²) in [6.45, 7) is 7.83. The van der Waals surface area contributed by atoms with Crippen LogP contribution in [0.1, 0.15) is 32.6 Å². The van der Waals surface area contributed by atoms with Gasteiger partial charge in [0, 0.05) is 25.2 Å². The standard InChI is InChI=1S/C11H22N2/c1-3-5-11(9-12)13(8-4-2)10-6-7-10/h4,10-11H,2-3,5-9,12H2,1H3. The fourth-order valence-corrected chi connectivity index (χ4v) is 1.90. The molecule has 0 amide bonds. The van der Waals surface area contributed by atoms with Gasteiger partial charge in [0.05, 0.1) is 0 Å². The van der Waals surface area contributed by atoms with E-state index >= 15 is 0 Å². The maximum Gasteiger partial charge on any atom is 0.0224 e. The van der Waals surface area contributed by atoms with Crippen LogP contribution in [0.3, 0.4) is 0 Å². The van der Waals surface area contributed by atoms with Gasteiger partial charge in [-0.15, -0.1) is 6.58 Å². The molecule has 2 nitrogen and oxygen atoms in total. The summed E-state index contributed by atoms with van der Waals surface area (Å²) < 4.78 is 0. The van der Waals surface area contributed by atoms with Crippen molar-refractivity contribution in [3.63, 3.8) is 0 Å². The number of nitrogens with zero attached hydrogens (tertiary/aromatic N) is 1. The molecule has 76 valence electrons. The lowest BCUT2D eigenvalue weighted by Crippen LogP contribution is -2.42. The molecule has 1 atom stereocenters. The zero-order valence-electron chi connectivity index (χ0n) is 8.71. The fraction of sp³-hybridized carbons (Fsp3) is 0.818. The van der Waals surface area contributed by atoms with Crippen molar-refractivity contribution < 1.29 is 0 Å². The fourth-order valence-electron chi connectivity index (χ4n) is 1.90. The van der Waals surface area contributed by atoms with Crippen molar-refractivity contribution in [2.75, 3.05) is 13.1 Å². The molecule has 1 fully saturated rings. The van der Waals surface area contributed by atoms with Crippen LogP contribution in [0.4, 0.5) is 0 Å². The topological polar surface area (TPSA) is 29.3 Å². The molecule has 0 aromatic heterocycles. The highest BCUT2D eigenvalue weighted by atomic mass is 15.2. The third-order valence-electron chi connectivity index (χ3n) is 2.72. The van der Waals surface area contributed by atoms with Gasteiger partial charge in [-0.05, 0) is 19.3 Å². The highest BCUT2D eigenvalue weighted by Gasteiger charge is 2.31. The van der Waals surface area contributed by atoms with Gasteiger partial charge < -0.3 is 5.73 Å². The Bertz CT molecular complexity index is 152. The second-order valence-corrected chi connectivity index (χ2v) is 3.89. The van der Waals surface area contributed by atoms with Crippen LogP contribution in [0, 0.1) is 0 Å². The van der Waals surface area contributed by atoms with Gasteiger partial charge in [-0.25, -0.2) is 0 Å². The Morgan fingerprint density at radius 2 is 2.31 bits per heavy atom. The van der Waals surface area contributed by atoms with E-state index in [2.05, 4.69) is 18.4 Å². The minimum atomic E-state index is 0.579. The van der Waals surface area contributed by atoms with E-state index < -0.39 is 0 Å². The highest BCUT2D eigenvalue weighted by molar-refractivity contribution is 4.92. The van der Waals surface area contributed by atoms with Gasteiger partial charge >= 0.3 is 0 Å². The van der Waals surface area contributed by atoms with E-state index in [1.165, 1.54) is 25.7 Å². The number of hydrogen-bond acceptors (Lipinski definition) is 2. The maximum atomic E-state index is 5.78. The predicted molar refractivity (Wildman–Crippen MR) is 57.7 cm³/mol. The van der Waals surface area contributed by atoms with Crippen molar-refractivity contribution in [3.05, 3.63) is 12.7 Å². The first-order valence-corrected chi connectivity index (χ1v) is 5.40. The van der Waals surface area contributed by atoms with E-state index in [0.717, 1.165) is 19.1 Å². The van der Waals surface area contributed by atoms with Gasteiger partial charge in [-0.2, -0.15) is 0 Å². The summed E-state index contributed by atoms with van der Waals surface area (Å²) in [6.07, 6.45) is 7.15. The van der Waals surface area contributed by atoms with E-state index in [1.54, 1.807) is 0 Å². The molecular formula is C11H22N2. The lowest BCUT2D eigenvalue weighted by Gasteiger charge is -2.29. The summed E-state index contributed by atoms with van der Waals surface area (Å²) in [5, 5.41) is 0. The van der Waals surface area contributed by atoms with Gasteiger partial charge in [-0.1, -0.05) is 19.4 Å². The van der Waals surface area contributed by atoms with Crippen LogP contribution in [0.15, 0.2) is 12.7 Å². The lowest BCUT2D eigenvalue weighted by molar-refractivity contribution is 0.200. The quantitative estimate of drug-likeness (QED) is 0.608. The van der Waals surface area contributed by atoms with E-state index in [4.69, 9.17) is 5.73 Å². The molecule has 0 aliphatic heterocycles. The summed E-state index contributed by atoms with van der Waals surface area (Å²) in [6, 6.07) is 1.38. The van der Waals surface area contributed by atoms with E-state index in [-0.39, 0.29) is 0 Å². The Kier molecular flexibility index (Phi) is 4.46. The van der Waals surface area contributed by atoms with E-state index in [1.807, 2.05) is 6.08 Å². The second kappa shape index (κ2) is 5.40. The molecule has 2 heteroatoms. The molecule has 13 heavy (non-hydrogen) atoms. The van der Waals surface area contributed by atoms with Crippen LogP contribution >= 0.6 is 0 Å². The van der Waals surface area contributed by atoms with Crippen molar-refractivity contribution in [2.24, 2.45) is 5.73 Å². The smallest absolute Gasteiger partial charge is 0.0224 e. The van der Waals surface area contributed by atoms with Crippen LogP contribution in [0.2, 0.25) is 0 Å². The molecule has 1 saturated carbocycles. The van der Waals surface area contributed by atoms with Crippen molar-refractivity contribution in [3.8, 4) is 0 Å². The molecular weight excluding hydrogens is 160 g/mol. The van der Waals surface area contributed by atoms with Crippen LogP contribution in [-0.2, 0) is 0 Å². The van der Waals surface area contributed by atoms with Gasteiger partial charge in [0.2, 0.25) is 0 Å². The first-order chi connectivity index (χ1) is 6.33. The summed E-state index contributed by atoms with van der Waals surface area (Å²) in [5.41, 5.74) is 5.78. The molecule has 0 saturated heterocycles. The average Bonchev–Trinajstić information content (AvgIpc) is 2.94. The van der Waals surface area contributed by atoms with Crippen molar-refractivity contribution >= 4 is 0 Å². The molecule has 1 aliphatic rings. The van der Waals surface area contributed by atoms with Crippen molar-refractivity contribution in [1.82, 2.24) is 4.90 Å². The molecule has 0 bridgehead atoms. The monoisotopic (exact) mass is 182 g/mol. The third kappa shape index (κ3) is 3.12. The largest absolute Gasteiger partial charge is 0.329 e. The summed E-state index contributed by atoms with van der Waals surface area (Å²) in [7, 11) is 0. The van der Waals surface area contributed by atoms with E-state index in [0.29, 0.717) is 6.04 Å². The highest BCUT2D eigenvalue weighted by Crippen LogP contribution is 2.29.